The summed E-state index contributed by atoms with van der Waals surface area (Å²) in [6, 6.07) is 7.97. The summed E-state index contributed by atoms with van der Waals surface area (Å²) in [7, 11) is 1.41. The van der Waals surface area contributed by atoms with E-state index >= 15 is 0 Å². The van der Waals surface area contributed by atoms with Crippen LogP contribution in [0.2, 0.25) is 0 Å². The average molecular weight is 372 g/mol. The number of anilines is 1. The first-order valence-corrected chi connectivity index (χ1v) is 9.34. The maximum atomic E-state index is 12.2. The highest BCUT2D eigenvalue weighted by molar-refractivity contribution is 5.89. The number of amides is 2. The summed E-state index contributed by atoms with van der Waals surface area (Å²) in [5, 5.41) is 0. The van der Waals surface area contributed by atoms with E-state index in [1.54, 1.807) is 16.7 Å². The number of fused-ring (bicyclic) bond motifs is 1. The Kier molecular flexibility index (Phi) is 4.32. The molecule has 2 heterocycles. The Morgan fingerprint density at radius 3 is 2.67 bits per heavy atom. The molecule has 0 bridgehead atoms. The Bertz CT molecular complexity index is 777. The number of likely N-dealkylation sites (tertiary alicyclic amines) is 1. The van der Waals surface area contributed by atoms with Gasteiger partial charge in [-0.15, -0.1) is 0 Å². The summed E-state index contributed by atoms with van der Waals surface area (Å²) in [5.74, 6) is 0.583. The quantitative estimate of drug-likeness (QED) is 0.794. The van der Waals surface area contributed by atoms with Crippen molar-refractivity contribution in [3.8, 4) is 0 Å². The van der Waals surface area contributed by atoms with Crippen molar-refractivity contribution in [1.29, 1.82) is 0 Å². The molecule has 7 nitrogen and oxygen atoms in total. The SMILES string of the molecule is COC(=O)N1C[C@H]2C[C@@]2(c2ccc(N3C[C@H](CCC(C)=O)OC3=O)cc2)C1. The van der Waals surface area contributed by atoms with Gasteiger partial charge in [0.2, 0.25) is 0 Å². The van der Waals surface area contributed by atoms with Crippen molar-refractivity contribution in [1.82, 2.24) is 4.90 Å². The van der Waals surface area contributed by atoms with Crippen molar-refractivity contribution >= 4 is 23.7 Å². The van der Waals surface area contributed by atoms with Gasteiger partial charge in [-0.2, -0.15) is 0 Å². The standard InChI is InChI=1S/C20H24N2O5/c1-13(23)3-8-17-11-22(19(25)27-17)16-6-4-14(5-7-16)20-9-15(20)10-21(12-20)18(24)26-2/h4-7,15,17H,3,8-12H2,1-2H3/t15-,17+,20+/m1/s1. The second kappa shape index (κ2) is 6.55. The lowest BCUT2D eigenvalue weighted by Crippen LogP contribution is -2.32. The highest BCUT2D eigenvalue weighted by atomic mass is 16.6. The van der Waals surface area contributed by atoms with Crippen LogP contribution in [0.4, 0.5) is 15.3 Å². The predicted octanol–water partition coefficient (Wildman–Crippen LogP) is 2.72. The molecule has 2 saturated heterocycles. The van der Waals surface area contributed by atoms with E-state index in [-0.39, 0.29) is 29.5 Å². The van der Waals surface area contributed by atoms with Crippen LogP contribution in [0.1, 0.15) is 31.7 Å². The van der Waals surface area contributed by atoms with Gasteiger partial charge in [0.1, 0.15) is 11.9 Å². The van der Waals surface area contributed by atoms with Gasteiger partial charge in [-0.25, -0.2) is 9.59 Å². The van der Waals surface area contributed by atoms with Gasteiger partial charge in [0.25, 0.3) is 0 Å². The summed E-state index contributed by atoms with van der Waals surface area (Å²) in [5.41, 5.74) is 2.02. The van der Waals surface area contributed by atoms with E-state index in [9.17, 15) is 14.4 Å². The number of Topliss-reactive ketones (excluding diaryl/α,β-unsaturated/α-hetero) is 1. The summed E-state index contributed by atoms with van der Waals surface area (Å²) in [4.78, 5) is 38.4. The molecule has 4 rings (SSSR count). The minimum atomic E-state index is -0.364. The van der Waals surface area contributed by atoms with E-state index in [0.717, 1.165) is 18.7 Å². The van der Waals surface area contributed by atoms with Crippen molar-refractivity contribution in [2.24, 2.45) is 5.92 Å². The van der Waals surface area contributed by atoms with Crippen LogP contribution in [0.5, 0.6) is 0 Å². The largest absolute Gasteiger partial charge is 0.453 e. The molecule has 0 spiro atoms. The van der Waals surface area contributed by atoms with Crippen molar-refractivity contribution in [2.75, 3.05) is 31.6 Å². The Balaban J connectivity index is 1.42. The lowest BCUT2D eigenvalue weighted by Gasteiger charge is -2.20. The van der Waals surface area contributed by atoms with Crippen molar-refractivity contribution in [3.05, 3.63) is 29.8 Å². The Hall–Kier alpha value is -2.57. The molecule has 1 aliphatic carbocycles. The van der Waals surface area contributed by atoms with E-state index in [4.69, 9.17) is 9.47 Å². The summed E-state index contributed by atoms with van der Waals surface area (Å²) in [6.07, 6.45) is 1.19. The number of ketones is 1. The van der Waals surface area contributed by atoms with E-state index < -0.39 is 0 Å². The molecule has 3 fully saturated rings. The maximum Gasteiger partial charge on any atom is 0.414 e. The molecule has 1 aromatic carbocycles. The van der Waals surface area contributed by atoms with Gasteiger partial charge in [-0.05, 0) is 43.4 Å². The van der Waals surface area contributed by atoms with Crippen molar-refractivity contribution in [3.63, 3.8) is 0 Å². The molecule has 0 N–H and O–H groups in total. The molecular weight excluding hydrogens is 348 g/mol. The van der Waals surface area contributed by atoms with Gasteiger partial charge in [0.15, 0.2) is 0 Å². The number of rotatable bonds is 5. The van der Waals surface area contributed by atoms with Crippen molar-refractivity contribution < 1.29 is 23.9 Å². The van der Waals surface area contributed by atoms with Crippen LogP contribution in [-0.2, 0) is 19.7 Å². The predicted molar refractivity (Wildman–Crippen MR) is 97.7 cm³/mol. The first-order chi connectivity index (χ1) is 12.9. The molecule has 3 aliphatic rings. The highest BCUT2D eigenvalue weighted by Gasteiger charge is 2.61. The second-order valence-corrected chi connectivity index (χ2v) is 7.81. The molecule has 144 valence electrons. The fraction of sp³-hybridized carbons (Fsp3) is 0.550. The summed E-state index contributed by atoms with van der Waals surface area (Å²) in [6.45, 7) is 3.44. The topological polar surface area (TPSA) is 76.2 Å². The fourth-order valence-corrected chi connectivity index (χ4v) is 4.42. The Labute approximate surface area is 158 Å². The zero-order chi connectivity index (χ0) is 19.2. The number of ether oxygens (including phenoxy) is 2. The van der Waals surface area contributed by atoms with Crippen LogP contribution < -0.4 is 4.90 Å². The molecule has 2 amide bonds. The third-order valence-electron chi connectivity index (χ3n) is 6.02. The number of carbonyl (C=O) groups is 3. The first-order valence-electron chi connectivity index (χ1n) is 9.34. The molecule has 1 aromatic rings. The highest BCUT2D eigenvalue weighted by Crippen LogP contribution is 2.59. The number of carbonyl (C=O) groups excluding carboxylic acids is 3. The van der Waals surface area contributed by atoms with Gasteiger partial charge in [0, 0.05) is 30.6 Å². The summed E-state index contributed by atoms with van der Waals surface area (Å²) >= 11 is 0. The number of nitrogens with zero attached hydrogens (tertiary/aromatic N) is 2. The number of cyclic esters (lactones) is 1. The summed E-state index contributed by atoms with van der Waals surface area (Å²) < 4.78 is 10.2. The normalized spacial score (nSPS) is 28.7. The lowest BCUT2D eigenvalue weighted by molar-refractivity contribution is -0.117. The number of piperidine rings is 1. The molecule has 0 radical (unpaired) electrons. The Morgan fingerprint density at radius 1 is 1.26 bits per heavy atom. The molecule has 27 heavy (non-hydrogen) atoms. The minimum Gasteiger partial charge on any atom is -0.453 e. The zero-order valence-corrected chi connectivity index (χ0v) is 15.6. The number of methoxy groups -OCH3 is 1. The van der Waals surface area contributed by atoms with E-state index in [1.165, 1.54) is 12.7 Å². The molecular formula is C20H24N2O5. The van der Waals surface area contributed by atoms with Gasteiger partial charge in [0.05, 0.1) is 13.7 Å². The van der Waals surface area contributed by atoms with Crippen LogP contribution in [0.15, 0.2) is 24.3 Å². The molecule has 0 unspecified atom stereocenters. The molecule has 0 aromatic heterocycles. The van der Waals surface area contributed by atoms with Crippen LogP contribution in [0.3, 0.4) is 0 Å². The second-order valence-electron chi connectivity index (χ2n) is 7.81. The zero-order valence-electron chi connectivity index (χ0n) is 15.6. The first kappa shape index (κ1) is 17.8. The van der Waals surface area contributed by atoms with E-state index in [2.05, 4.69) is 0 Å². The number of hydrogen-bond acceptors (Lipinski definition) is 5. The van der Waals surface area contributed by atoms with E-state index in [1.807, 2.05) is 24.3 Å². The molecule has 7 heteroatoms. The van der Waals surface area contributed by atoms with Gasteiger partial charge in [-0.1, -0.05) is 12.1 Å². The van der Waals surface area contributed by atoms with Gasteiger partial charge >= 0.3 is 12.2 Å². The van der Waals surface area contributed by atoms with Crippen molar-refractivity contribution in [2.45, 2.75) is 37.7 Å². The number of hydrogen-bond donors (Lipinski definition) is 0. The van der Waals surface area contributed by atoms with Crippen LogP contribution in [0.25, 0.3) is 0 Å². The van der Waals surface area contributed by atoms with Gasteiger partial charge < -0.3 is 19.2 Å². The smallest absolute Gasteiger partial charge is 0.414 e. The third-order valence-corrected chi connectivity index (χ3v) is 6.02. The average Bonchev–Trinajstić information content (AvgIpc) is 3.03. The lowest BCUT2D eigenvalue weighted by atomic mass is 9.95. The Morgan fingerprint density at radius 2 is 2.00 bits per heavy atom. The maximum absolute atomic E-state index is 12.2. The van der Waals surface area contributed by atoms with Crippen LogP contribution >= 0.6 is 0 Å². The monoisotopic (exact) mass is 372 g/mol. The minimum absolute atomic E-state index is 0.0300. The number of benzene rings is 1. The van der Waals surface area contributed by atoms with Crippen LogP contribution in [-0.4, -0.2) is 55.7 Å². The van der Waals surface area contributed by atoms with E-state index in [0.29, 0.717) is 31.8 Å². The fourth-order valence-electron chi connectivity index (χ4n) is 4.42. The molecule has 3 atom stereocenters. The van der Waals surface area contributed by atoms with Gasteiger partial charge in [-0.3, -0.25) is 4.90 Å². The molecule has 1 saturated carbocycles. The molecule has 2 aliphatic heterocycles. The third kappa shape index (κ3) is 3.15. The van der Waals surface area contributed by atoms with Crippen LogP contribution in [0, 0.1) is 5.92 Å².